The fourth-order valence-electron chi connectivity index (χ4n) is 2.01. The Bertz CT molecular complexity index is 429. The van der Waals surface area contributed by atoms with Crippen LogP contribution >= 0.6 is 0 Å². The summed E-state index contributed by atoms with van der Waals surface area (Å²) in [5.74, 6) is -0.123. The van der Waals surface area contributed by atoms with E-state index >= 15 is 0 Å². The minimum Gasteiger partial charge on any atom is -0.481 e. The molecule has 0 fully saturated rings. The number of hydrogen-bond donors (Lipinski definition) is 2. The van der Waals surface area contributed by atoms with Gasteiger partial charge in [0.15, 0.2) is 0 Å². The first-order chi connectivity index (χ1) is 9.02. The minimum atomic E-state index is -0.854. The van der Waals surface area contributed by atoms with Crippen molar-refractivity contribution in [1.82, 2.24) is 14.9 Å². The Balaban J connectivity index is 2.66. The normalized spacial score (nSPS) is 12.1. The van der Waals surface area contributed by atoms with Crippen molar-refractivity contribution in [3.63, 3.8) is 0 Å². The summed E-state index contributed by atoms with van der Waals surface area (Å²) in [5, 5.41) is 11.5. The van der Waals surface area contributed by atoms with E-state index in [1.807, 2.05) is 10.8 Å². The lowest BCUT2D eigenvalue weighted by molar-refractivity contribution is -0.137. The molecule has 1 atom stereocenters. The summed E-state index contributed by atoms with van der Waals surface area (Å²) >= 11 is 0. The van der Waals surface area contributed by atoms with Gasteiger partial charge in [-0.1, -0.05) is 6.92 Å². The molecule has 1 amide bonds. The highest BCUT2D eigenvalue weighted by Gasteiger charge is 2.15. The van der Waals surface area contributed by atoms with E-state index in [1.165, 1.54) is 6.92 Å². The number of carbonyl (C=O) groups excluding carboxylic acids is 1. The molecule has 1 unspecified atom stereocenters. The van der Waals surface area contributed by atoms with Crippen LogP contribution in [0.4, 0.5) is 0 Å². The van der Waals surface area contributed by atoms with E-state index in [-0.39, 0.29) is 18.4 Å². The predicted molar refractivity (Wildman–Crippen MR) is 70.7 cm³/mol. The van der Waals surface area contributed by atoms with E-state index < -0.39 is 5.97 Å². The predicted octanol–water partition coefficient (Wildman–Crippen LogP) is 1.21. The molecule has 0 aromatic carbocycles. The van der Waals surface area contributed by atoms with Gasteiger partial charge in [-0.15, -0.1) is 0 Å². The van der Waals surface area contributed by atoms with Crippen LogP contribution in [-0.4, -0.2) is 32.6 Å². The average Bonchev–Trinajstić information content (AvgIpc) is 2.73. The number of nitrogens with one attached hydrogen (secondary N) is 1. The van der Waals surface area contributed by atoms with Crippen molar-refractivity contribution in [2.24, 2.45) is 0 Å². The van der Waals surface area contributed by atoms with Gasteiger partial charge in [0.25, 0.3) is 0 Å². The lowest BCUT2D eigenvalue weighted by Gasteiger charge is -2.17. The highest BCUT2D eigenvalue weighted by molar-refractivity contribution is 5.73. The van der Waals surface area contributed by atoms with Crippen LogP contribution in [-0.2, 0) is 22.6 Å². The van der Waals surface area contributed by atoms with Gasteiger partial charge in [0.2, 0.25) is 5.91 Å². The monoisotopic (exact) mass is 267 g/mol. The Labute approximate surface area is 112 Å². The number of aliphatic carboxylic acids is 1. The van der Waals surface area contributed by atoms with Crippen LogP contribution in [0, 0.1) is 0 Å². The van der Waals surface area contributed by atoms with E-state index in [1.54, 1.807) is 6.20 Å². The lowest BCUT2D eigenvalue weighted by atomic mass is 10.1. The number of amides is 1. The van der Waals surface area contributed by atoms with Crippen molar-refractivity contribution < 1.29 is 14.7 Å². The second-order valence-electron chi connectivity index (χ2n) is 4.57. The molecule has 2 N–H and O–H groups in total. The number of rotatable bonds is 8. The Hall–Kier alpha value is -1.85. The zero-order valence-corrected chi connectivity index (χ0v) is 11.4. The zero-order valence-electron chi connectivity index (χ0n) is 11.4. The highest BCUT2D eigenvalue weighted by Crippen LogP contribution is 2.08. The summed E-state index contributed by atoms with van der Waals surface area (Å²) in [6.07, 6.45) is 5.64. The van der Waals surface area contributed by atoms with E-state index in [4.69, 9.17) is 5.11 Å². The van der Waals surface area contributed by atoms with Gasteiger partial charge in [-0.2, -0.15) is 0 Å². The maximum absolute atomic E-state index is 11.2. The molecule has 1 aromatic rings. The minimum absolute atomic E-state index is 0.0411. The van der Waals surface area contributed by atoms with E-state index in [2.05, 4.69) is 17.2 Å². The van der Waals surface area contributed by atoms with E-state index in [0.29, 0.717) is 12.8 Å². The van der Waals surface area contributed by atoms with Crippen LogP contribution in [0.2, 0.25) is 0 Å². The topological polar surface area (TPSA) is 84.2 Å². The first-order valence-electron chi connectivity index (χ1n) is 6.51. The second-order valence-corrected chi connectivity index (χ2v) is 4.57. The molecule has 0 aliphatic heterocycles. The molecule has 19 heavy (non-hydrogen) atoms. The smallest absolute Gasteiger partial charge is 0.303 e. The number of nitrogens with zero attached hydrogens (tertiary/aromatic N) is 2. The first-order valence-corrected chi connectivity index (χ1v) is 6.51. The third-order valence-electron chi connectivity index (χ3n) is 2.81. The Kier molecular flexibility index (Phi) is 6.05. The number of carbonyl (C=O) groups is 2. The van der Waals surface area contributed by atoms with E-state index in [0.717, 1.165) is 18.8 Å². The molecule has 0 saturated heterocycles. The molecule has 0 aliphatic carbocycles. The third-order valence-corrected chi connectivity index (χ3v) is 2.81. The van der Waals surface area contributed by atoms with Crippen LogP contribution in [0.25, 0.3) is 0 Å². The summed E-state index contributed by atoms with van der Waals surface area (Å²) in [4.78, 5) is 26.1. The fraction of sp³-hybridized carbons (Fsp3) is 0.615. The van der Waals surface area contributed by atoms with Gasteiger partial charge >= 0.3 is 5.97 Å². The highest BCUT2D eigenvalue weighted by atomic mass is 16.4. The van der Waals surface area contributed by atoms with Gasteiger partial charge in [0.1, 0.15) is 5.82 Å². The van der Waals surface area contributed by atoms with Crippen molar-refractivity contribution in [3.8, 4) is 0 Å². The standard InChI is InChI=1S/C13H21N3O3/c1-3-7-16-8-6-14-12(16)9-11(15-10(2)17)4-5-13(18)19/h6,8,11H,3-5,7,9H2,1-2H3,(H,15,17)(H,18,19). The average molecular weight is 267 g/mol. The molecule has 1 aromatic heterocycles. The third kappa shape index (κ3) is 5.54. The number of aromatic nitrogens is 2. The summed E-state index contributed by atoms with van der Waals surface area (Å²) in [6, 6.07) is -0.188. The molecule has 0 aliphatic rings. The first kappa shape index (κ1) is 15.2. The zero-order chi connectivity index (χ0) is 14.3. The summed E-state index contributed by atoms with van der Waals surface area (Å²) in [6.45, 7) is 4.40. The van der Waals surface area contributed by atoms with Crippen LogP contribution in [0.3, 0.4) is 0 Å². The van der Waals surface area contributed by atoms with Crippen molar-refractivity contribution in [2.75, 3.05) is 0 Å². The number of aryl methyl sites for hydroxylation is 1. The van der Waals surface area contributed by atoms with E-state index in [9.17, 15) is 9.59 Å². The fourth-order valence-corrected chi connectivity index (χ4v) is 2.01. The maximum Gasteiger partial charge on any atom is 0.303 e. The van der Waals surface area contributed by atoms with Gasteiger partial charge < -0.3 is 15.0 Å². The molecule has 1 rings (SSSR count). The quantitative estimate of drug-likeness (QED) is 0.741. The van der Waals surface area contributed by atoms with Gasteiger partial charge in [-0.25, -0.2) is 4.98 Å². The van der Waals surface area contributed by atoms with Crippen LogP contribution in [0.15, 0.2) is 12.4 Å². The SMILES string of the molecule is CCCn1ccnc1CC(CCC(=O)O)NC(C)=O. The van der Waals surface area contributed by atoms with Gasteiger partial charge in [-0.05, 0) is 12.8 Å². The Morgan fingerprint density at radius 1 is 1.53 bits per heavy atom. The molecule has 1 heterocycles. The largest absolute Gasteiger partial charge is 0.481 e. The summed E-state index contributed by atoms with van der Waals surface area (Å²) in [7, 11) is 0. The van der Waals surface area contributed by atoms with Crippen LogP contribution < -0.4 is 5.32 Å². The molecular formula is C13H21N3O3. The van der Waals surface area contributed by atoms with Crippen molar-refractivity contribution >= 4 is 11.9 Å². The summed E-state index contributed by atoms with van der Waals surface area (Å²) < 4.78 is 2.04. The Morgan fingerprint density at radius 2 is 2.26 bits per heavy atom. The lowest BCUT2D eigenvalue weighted by Crippen LogP contribution is -2.36. The van der Waals surface area contributed by atoms with Gasteiger partial charge in [0.05, 0.1) is 0 Å². The van der Waals surface area contributed by atoms with Crippen molar-refractivity contribution in [3.05, 3.63) is 18.2 Å². The molecule has 0 saturated carbocycles. The molecule has 0 radical (unpaired) electrons. The van der Waals surface area contributed by atoms with Crippen LogP contribution in [0.1, 0.15) is 38.9 Å². The number of carboxylic acid groups (broad SMARTS) is 1. The molecule has 0 bridgehead atoms. The molecule has 106 valence electrons. The second kappa shape index (κ2) is 7.56. The Morgan fingerprint density at radius 3 is 2.84 bits per heavy atom. The molecular weight excluding hydrogens is 246 g/mol. The molecule has 0 spiro atoms. The van der Waals surface area contributed by atoms with Gasteiger partial charge in [0, 0.05) is 44.7 Å². The molecule has 6 heteroatoms. The van der Waals surface area contributed by atoms with Gasteiger partial charge in [-0.3, -0.25) is 9.59 Å². The van der Waals surface area contributed by atoms with Crippen molar-refractivity contribution in [1.29, 1.82) is 0 Å². The maximum atomic E-state index is 11.2. The number of imidazole rings is 1. The summed E-state index contributed by atoms with van der Waals surface area (Å²) in [5.41, 5.74) is 0. The number of carboxylic acids is 1. The van der Waals surface area contributed by atoms with Crippen LogP contribution in [0.5, 0.6) is 0 Å². The number of hydrogen-bond acceptors (Lipinski definition) is 3. The van der Waals surface area contributed by atoms with Crippen molar-refractivity contribution in [2.45, 2.75) is 52.1 Å². The molecule has 6 nitrogen and oxygen atoms in total.